The van der Waals surface area contributed by atoms with Gasteiger partial charge >= 0.3 is 12.1 Å². The lowest BCUT2D eigenvalue weighted by atomic mass is 9.96. The third-order valence-electron chi connectivity index (χ3n) is 3.85. The zero-order chi connectivity index (χ0) is 19.7. The van der Waals surface area contributed by atoms with Crippen LogP contribution in [0.4, 0.5) is 4.79 Å². The van der Waals surface area contributed by atoms with Crippen molar-refractivity contribution in [1.82, 2.24) is 0 Å². The molecule has 27 heavy (non-hydrogen) atoms. The summed E-state index contributed by atoms with van der Waals surface area (Å²) in [5.74, 6) is 0.0243. The molecule has 0 unspecified atom stereocenters. The molecule has 0 saturated carbocycles. The van der Waals surface area contributed by atoms with Crippen LogP contribution in [0.3, 0.4) is 0 Å². The van der Waals surface area contributed by atoms with Crippen molar-refractivity contribution >= 4 is 12.1 Å². The highest BCUT2D eigenvalue weighted by molar-refractivity contribution is 5.89. The Kier molecular flexibility index (Phi) is 7.41. The Morgan fingerprint density at radius 2 is 1.52 bits per heavy atom. The number of aryl methyl sites for hydroxylation is 1. The van der Waals surface area contributed by atoms with Crippen LogP contribution in [0, 0.1) is 5.41 Å². The largest absolute Gasteiger partial charge is 0.513 e. The second-order valence-corrected chi connectivity index (χ2v) is 7.14. The first-order valence-corrected chi connectivity index (χ1v) is 9.05. The number of hydrogen-bond donors (Lipinski definition) is 0. The van der Waals surface area contributed by atoms with E-state index in [1.54, 1.807) is 36.4 Å². The number of benzene rings is 2. The molecule has 0 radical (unpaired) electrons. The van der Waals surface area contributed by atoms with E-state index in [1.807, 2.05) is 32.0 Å². The predicted octanol–water partition coefficient (Wildman–Crippen LogP) is 5.04. The second-order valence-electron chi connectivity index (χ2n) is 7.14. The molecule has 0 aliphatic carbocycles. The van der Waals surface area contributed by atoms with Gasteiger partial charge in [-0.1, -0.05) is 57.5 Å². The van der Waals surface area contributed by atoms with Gasteiger partial charge in [-0.15, -0.1) is 0 Å². The quantitative estimate of drug-likeness (QED) is 0.481. The normalized spacial score (nSPS) is 10.9. The van der Waals surface area contributed by atoms with Crippen LogP contribution in [0.1, 0.15) is 43.1 Å². The van der Waals surface area contributed by atoms with Crippen LogP contribution < -0.4 is 4.74 Å². The van der Waals surface area contributed by atoms with Crippen molar-refractivity contribution in [2.75, 3.05) is 13.2 Å². The summed E-state index contributed by atoms with van der Waals surface area (Å²) < 4.78 is 15.6. The van der Waals surface area contributed by atoms with Crippen molar-refractivity contribution in [1.29, 1.82) is 0 Å². The molecule has 5 nitrogen and oxygen atoms in total. The van der Waals surface area contributed by atoms with Gasteiger partial charge in [-0.2, -0.15) is 0 Å². The van der Waals surface area contributed by atoms with Gasteiger partial charge in [0.1, 0.15) is 12.4 Å². The fourth-order valence-corrected chi connectivity index (χ4v) is 2.35. The van der Waals surface area contributed by atoms with E-state index in [2.05, 4.69) is 6.92 Å². The Labute approximate surface area is 160 Å². The molecule has 0 aromatic heterocycles. The van der Waals surface area contributed by atoms with Gasteiger partial charge < -0.3 is 14.2 Å². The zero-order valence-corrected chi connectivity index (χ0v) is 16.1. The van der Waals surface area contributed by atoms with Gasteiger partial charge in [0, 0.05) is 5.41 Å². The molecule has 2 aromatic rings. The number of hydrogen-bond acceptors (Lipinski definition) is 5. The molecule has 5 heteroatoms. The maximum Gasteiger partial charge on any atom is 0.513 e. The average molecular weight is 370 g/mol. The van der Waals surface area contributed by atoms with Gasteiger partial charge in [0.15, 0.2) is 0 Å². The van der Waals surface area contributed by atoms with Gasteiger partial charge in [0.2, 0.25) is 0 Å². The molecular formula is C22H26O5. The average Bonchev–Trinajstić information content (AvgIpc) is 2.66. The number of rotatable bonds is 8. The SMILES string of the molecule is CCCc1ccc(C(=O)OCC(C)(C)COC(=O)Oc2ccccc2)cc1. The summed E-state index contributed by atoms with van der Waals surface area (Å²) in [6, 6.07) is 16.1. The Morgan fingerprint density at radius 3 is 2.15 bits per heavy atom. The highest BCUT2D eigenvalue weighted by atomic mass is 16.7. The summed E-state index contributed by atoms with van der Waals surface area (Å²) in [5, 5.41) is 0. The van der Waals surface area contributed by atoms with Gasteiger partial charge in [-0.25, -0.2) is 9.59 Å². The minimum absolute atomic E-state index is 0.0708. The molecule has 0 fully saturated rings. The molecular weight excluding hydrogens is 344 g/mol. The minimum atomic E-state index is -0.785. The number of para-hydroxylation sites is 1. The van der Waals surface area contributed by atoms with E-state index in [1.165, 1.54) is 5.56 Å². The number of ether oxygens (including phenoxy) is 3. The monoisotopic (exact) mass is 370 g/mol. The van der Waals surface area contributed by atoms with Crippen LogP contribution in [0.25, 0.3) is 0 Å². The van der Waals surface area contributed by atoms with Gasteiger partial charge in [0.05, 0.1) is 12.2 Å². The van der Waals surface area contributed by atoms with Crippen LogP contribution in [-0.4, -0.2) is 25.3 Å². The first-order valence-electron chi connectivity index (χ1n) is 9.05. The molecule has 0 aliphatic heterocycles. The van der Waals surface area contributed by atoms with Gasteiger partial charge in [-0.3, -0.25) is 0 Å². The minimum Gasteiger partial charge on any atom is -0.461 e. The molecule has 2 aromatic carbocycles. The fraction of sp³-hybridized carbons (Fsp3) is 0.364. The van der Waals surface area contributed by atoms with E-state index in [4.69, 9.17) is 14.2 Å². The molecule has 0 saturated heterocycles. The molecule has 0 spiro atoms. The van der Waals surface area contributed by atoms with Crippen molar-refractivity contribution in [2.45, 2.75) is 33.6 Å². The molecule has 0 N–H and O–H groups in total. The highest BCUT2D eigenvalue weighted by Crippen LogP contribution is 2.18. The van der Waals surface area contributed by atoms with E-state index < -0.39 is 17.5 Å². The Bertz CT molecular complexity index is 735. The van der Waals surface area contributed by atoms with Crippen LogP contribution in [-0.2, 0) is 15.9 Å². The molecule has 0 aliphatic rings. The standard InChI is InChI=1S/C22H26O5/c1-4-8-17-11-13-18(14-12-17)20(23)25-15-22(2,3)16-26-21(24)27-19-9-6-5-7-10-19/h5-7,9-14H,4,8,15-16H2,1-3H3. The lowest BCUT2D eigenvalue weighted by molar-refractivity contribution is 0.0107. The van der Waals surface area contributed by atoms with Crippen LogP contribution in [0.2, 0.25) is 0 Å². The summed E-state index contributed by atoms with van der Waals surface area (Å²) in [5.41, 5.74) is 1.17. The third-order valence-corrected chi connectivity index (χ3v) is 3.85. The smallest absolute Gasteiger partial charge is 0.461 e. The van der Waals surface area contributed by atoms with Crippen molar-refractivity contribution < 1.29 is 23.8 Å². The molecule has 0 heterocycles. The van der Waals surface area contributed by atoms with E-state index in [0.29, 0.717) is 11.3 Å². The zero-order valence-electron chi connectivity index (χ0n) is 16.1. The second kappa shape index (κ2) is 9.76. The number of carbonyl (C=O) groups excluding carboxylic acids is 2. The molecule has 0 amide bonds. The molecule has 0 atom stereocenters. The van der Waals surface area contributed by atoms with E-state index in [0.717, 1.165) is 12.8 Å². The first kappa shape index (κ1) is 20.5. The number of esters is 1. The van der Waals surface area contributed by atoms with Crippen molar-refractivity contribution in [3.05, 3.63) is 65.7 Å². The maximum absolute atomic E-state index is 12.2. The van der Waals surface area contributed by atoms with E-state index >= 15 is 0 Å². The van der Waals surface area contributed by atoms with Crippen LogP contribution >= 0.6 is 0 Å². The topological polar surface area (TPSA) is 61.8 Å². The number of carbonyl (C=O) groups is 2. The van der Waals surface area contributed by atoms with Gasteiger partial charge in [-0.05, 0) is 36.2 Å². The Morgan fingerprint density at radius 1 is 0.889 bits per heavy atom. The summed E-state index contributed by atoms with van der Waals surface area (Å²) in [7, 11) is 0. The summed E-state index contributed by atoms with van der Waals surface area (Å²) in [6.07, 6.45) is 1.26. The summed E-state index contributed by atoms with van der Waals surface area (Å²) in [4.78, 5) is 23.9. The predicted molar refractivity (Wildman–Crippen MR) is 103 cm³/mol. The third kappa shape index (κ3) is 7.13. The van der Waals surface area contributed by atoms with Crippen LogP contribution in [0.15, 0.2) is 54.6 Å². The lowest BCUT2D eigenvalue weighted by Crippen LogP contribution is -2.29. The molecule has 144 valence electrons. The Balaban J connectivity index is 1.77. The van der Waals surface area contributed by atoms with Gasteiger partial charge in [0.25, 0.3) is 0 Å². The first-order chi connectivity index (χ1) is 12.9. The van der Waals surface area contributed by atoms with E-state index in [9.17, 15) is 9.59 Å². The van der Waals surface area contributed by atoms with Crippen LogP contribution in [0.5, 0.6) is 5.75 Å². The Hall–Kier alpha value is -2.82. The molecule has 0 bridgehead atoms. The summed E-state index contributed by atoms with van der Waals surface area (Å²) in [6.45, 7) is 6.01. The lowest BCUT2D eigenvalue weighted by Gasteiger charge is -2.23. The van der Waals surface area contributed by atoms with Crippen molar-refractivity contribution in [2.24, 2.45) is 5.41 Å². The van der Waals surface area contributed by atoms with E-state index in [-0.39, 0.29) is 13.2 Å². The maximum atomic E-state index is 12.2. The summed E-state index contributed by atoms with van der Waals surface area (Å²) >= 11 is 0. The molecule has 2 rings (SSSR count). The fourth-order valence-electron chi connectivity index (χ4n) is 2.35. The highest BCUT2D eigenvalue weighted by Gasteiger charge is 2.24. The van der Waals surface area contributed by atoms with Crippen molar-refractivity contribution in [3.8, 4) is 5.75 Å². The van der Waals surface area contributed by atoms with Crippen molar-refractivity contribution in [3.63, 3.8) is 0 Å².